The van der Waals surface area contributed by atoms with Gasteiger partial charge in [-0.2, -0.15) is 0 Å². The Morgan fingerprint density at radius 3 is 2.88 bits per heavy atom. The van der Waals surface area contributed by atoms with E-state index in [1.54, 1.807) is 4.90 Å². The Kier molecular flexibility index (Phi) is 4.69. The molecule has 1 aliphatic rings. The third-order valence-electron chi connectivity index (χ3n) is 3.92. The lowest BCUT2D eigenvalue weighted by atomic mass is 10.1. The van der Waals surface area contributed by atoms with E-state index in [4.69, 9.17) is 4.74 Å². The van der Waals surface area contributed by atoms with Gasteiger partial charge >= 0.3 is 6.09 Å². The summed E-state index contributed by atoms with van der Waals surface area (Å²) in [5.41, 5.74) is 2.36. The van der Waals surface area contributed by atoms with E-state index in [-0.39, 0.29) is 18.8 Å². The van der Waals surface area contributed by atoms with Crippen LogP contribution in [0.1, 0.15) is 23.2 Å². The molecule has 7 nitrogen and oxygen atoms in total. The first-order valence-corrected chi connectivity index (χ1v) is 7.71. The van der Waals surface area contributed by atoms with Crippen molar-refractivity contribution in [2.75, 3.05) is 6.54 Å². The molecule has 7 heteroatoms. The molecule has 0 saturated carbocycles. The van der Waals surface area contributed by atoms with Crippen LogP contribution in [-0.2, 0) is 24.3 Å². The number of ether oxygens (including phenoxy) is 1. The van der Waals surface area contributed by atoms with E-state index in [2.05, 4.69) is 4.98 Å². The summed E-state index contributed by atoms with van der Waals surface area (Å²) in [6, 6.07) is 10.9. The summed E-state index contributed by atoms with van der Waals surface area (Å²) in [5, 5.41) is 10.9. The molecule has 24 heavy (non-hydrogen) atoms. The lowest BCUT2D eigenvalue weighted by molar-refractivity contribution is -0.385. The number of fused-ring (bicyclic) bond motifs is 1. The molecule has 1 aromatic carbocycles. The van der Waals surface area contributed by atoms with E-state index in [1.165, 1.54) is 12.3 Å². The van der Waals surface area contributed by atoms with Crippen LogP contribution in [0.25, 0.3) is 0 Å². The molecular formula is C17H17N3O4. The number of benzene rings is 1. The van der Waals surface area contributed by atoms with Crippen LogP contribution in [0.5, 0.6) is 0 Å². The zero-order chi connectivity index (χ0) is 16.9. The molecule has 0 N–H and O–H groups in total. The Hall–Kier alpha value is -2.96. The standard InChI is InChI=1S/C17H17N3O4/c21-17(24-12-13-5-2-1-3-6-13)19-8-4-7-16-14(11-19)9-15(10-18-16)20(22)23/h1-3,5-6,9-10H,4,7-8,11-12H2. The number of nitro groups is 1. The summed E-state index contributed by atoms with van der Waals surface area (Å²) in [6.07, 6.45) is 2.29. The quantitative estimate of drug-likeness (QED) is 0.639. The van der Waals surface area contributed by atoms with Gasteiger partial charge in [-0.05, 0) is 24.0 Å². The first kappa shape index (κ1) is 15.9. The van der Waals surface area contributed by atoms with E-state index < -0.39 is 11.0 Å². The molecule has 2 aromatic rings. The van der Waals surface area contributed by atoms with E-state index in [0.717, 1.165) is 17.7 Å². The number of hydrogen-bond acceptors (Lipinski definition) is 5. The van der Waals surface area contributed by atoms with Crippen LogP contribution >= 0.6 is 0 Å². The number of nitrogens with zero attached hydrogens (tertiary/aromatic N) is 3. The van der Waals surface area contributed by atoms with Crippen LogP contribution in [-0.4, -0.2) is 27.4 Å². The van der Waals surface area contributed by atoms with Crippen LogP contribution in [0.15, 0.2) is 42.6 Å². The summed E-state index contributed by atoms with van der Waals surface area (Å²) in [6.45, 7) is 1.02. The highest BCUT2D eigenvalue weighted by molar-refractivity contribution is 5.68. The molecule has 0 radical (unpaired) electrons. The van der Waals surface area contributed by atoms with Crippen molar-refractivity contribution in [2.24, 2.45) is 0 Å². The Labute approximate surface area is 139 Å². The second-order valence-corrected chi connectivity index (χ2v) is 5.62. The molecule has 0 aliphatic carbocycles. The molecule has 0 spiro atoms. The van der Waals surface area contributed by atoms with Crippen molar-refractivity contribution < 1.29 is 14.5 Å². The minimum atomic E-state index is -0.476. The molecule has 0 atom stereocenters. The molecule has 0 unspecified atom stereocenters. The number of pyridine rings is 1. The molecule has 1 aliphatic heterocycles. The Bertz CT molecular complexity index is 749. The topological polar surface area (TPSA) is 85.6 Å². The van der Waals surface area contributed by atoms with Crippen molar-refractivity contribution in [3.63, 3.8) is 0 Å². The summed E-state index contributed by atoms with van der Waals surface area (Å²) in [7, 11) is 0. The highest BCUT2D eigenvalue weighted by Crippen LogP contribution is 2.22. The summed E-state index contributed by atoms with van der Waals surface area (Å²) in [5.74, 6) is 0. The van der Waals surface area contributed by atoms with E-state index >= 15 is 0 Å². The molecule has 0 saturated heterocycles. The lowest BCUT2D eigenvalue weighted by Crippen LogP contribution is -2.31. The van der Waals surface area contributed by atoms with Gasteiger partial charge in [-0.3, -0.25) is 15.1 Å². The van der Waals surface area contributed by atoms with E-state index in [1.807, 2.05) is 30.3 Å². The normalized spacial score (nSPS) is 13.8. The molecule has 1 amide bonds. The number of aryl methyl sites for hydroxylation is 1. The van der Waals surface area contributed by atoms with E-state index in [0.29, 0.717) is 18.5 Å². The number of rotatable bonds is 3. The van der Waals surface area contributed by atoms with Crippen LogP contribution in [0.3, 0.4) is 0 Å². The van der Waals surface area contributed by atoms with Crippen LogP contribution < -0.4 is 0 Å². The maximum atomic E-state index is 12.3. The average Bonchev–Trinajstić information content (AvgIpc) is 2.82. The SMILES string of the molecule is O=C(OCc1ccccc1)N1CCCc2ncc([N+](=O)[O-])cc2C1. The molecular weight excluding hydrogens is 310 g/mol. The van der Waals surface area contributed by atoms with Gasteiger partial charge in [-0.15, -0.1) is 0 Å². The fraction of sp³-hybridized carbons (Fsp3) is 0.294. The third-order valence-corrected chi connectivity index (χ3v) is 3.92. The molecule has 0 fully saturated rings. The number of carbonyl (C=O) groups excluding carboxylic acids is 1. The summed E-state index contributed by atoms with van der Waals surface area (Å²) in [4.78, 5) is 28.5. The monoisotopic (exact) mass is 327 g/mol. The highest BCUT2D eigenvalue weighted by Gasteiger charge is 2.22. The fourth-order valence-corrected chi connectivity index (χ4v) is 2.68. The predicted molar refractivity (Wildman–Crippen MR) is 86.2 cm³/mol. The second-order valence-electron chi connectivity index (χ2n) is 5.62. The minimum absolute atomic E-state index is 0.0618. The zero-order valence-electron chi connectivity index (χ0n) is 13.1. The Morgan fingerprint density at radius 2 is 2.12 bits per heavy atom. The number of aromatic nitrogens is 1. The first-order chi connectivity index (χ1) is 11.6. The van der Waals surface area contributed by atoms with E-state index in [9.17, 15) is 14.9 Å². The van der Waals surface area contributed by atoms with Gasteiger partial charge in [0.05, 0.1) is 11.5 Å². The smallest absolute Gasteiger partial charge is 0.410 e. The highest BCUT2D eigenvalue weighted by atomic mass is 16.6. The van der Waals surface area contributed by atoms with Gasteiger partial charge in [0.1, 0.15) is 12.8 Å². The van der Waals surface area contributed by atoms with Gasteiger partial charge < -0.3 is 9.64 Å². The van der Waals surface area contributed by atoms with Crippen molar-refractivity contribution in [3.05, 3.63) is 69.5 Å². The van der Waals surface area contributed by atoms with Crippen molar-refractivity contribution in [3.8, 4) is 0 Å². The van der Waals surface area contributed by atoms with Gasteiger partial charge in [-0.1, -0.05) is 30.3 Å². The van der Waals surface area contributed by atoms with Crippen molar-refractivity contribution >= 4 is 11.8 Å². The Balaban J connectivity index is 1.69. The molecule has 124 valence electrons. The summed E-state index contributed by atoms with van der Waals surface area (Å²) < 4.78 is 5.35. The minimum Gasteiger partial charge on any atom is -0.445 e. The van der Waals surface area contributed by atoms with Crippen LogP contribution in [0.4, 0.5) is 10.5 Å². The average molecular weight is 327 g/mol. The maximum Gasteiger partial charge on any atom is 0.410 e. The molecule has 2 heterocycles. The molecule has 3 rings (SSSR count). The lowest BCUT2D eigenvalue weighted by Gasteiger charge is -2.20. The number of amides is 1. The van der Waals surface area contributed by atoms with Crippen LogP contribution in [0.2, 0.25) is 0 Å². The molecule has 0 bridgehead atoms. The van der Waals surface area contributed by atoms with Gasteiger partial charge in [0.2, 0.25) is 0 Å². The van der Waals surface area contributed by atoms with Gasteiger partial charge in [-0.25, -0.2) is 4.79 Å². The van der Waals surface area contributed by atoms with Crippen molar-refractivity contribution in [1.29, 1.82) is 0 Å². The summed E-state index contributed by atoms with van der Waals surface area (Å²) >= 11 is 0. The number of hydrogen-bond donors (Lipinski definition) is 0. The van der Waals surface area contributed by atoms with Crippen molar-refractivity contribution in [2.45, 2.75) is 26.0 Å². The van der Waals surface area contributed by atoms with Gasteiger partial charge in [0.15, 0.2) is 0 Å². The number of carbonyl (C=O) groups is 1. The first-order valence-electron chi connectivity index (χ1n) is 7.71. The Morgan fingerprint density at radius 1 is 1.33 bits per heavy atom. The molecule has 1 aromatic heterocycles. The predicted octanol–water partition coefficient (Wildman–Crippen LogP) is 3.07. The van der Waals surface area contributed by atoms with Gasteiger partial charge in [0.25, 0.3) is 5.69 Å². The largest absolute Gasteiger partial charge is 0.445 e. The fourth-order valence-electron chi connectivity index (χ4n) is 2.68. The van der Waals surface area contributed by atoms with Gasteiger partial charge in [0, 0.05) is 18.3 Å². The zero-order valence-corrected chi connectivity index (χ0v) is 13.1. The second kappa shape index (κ2) is 7.08. The van der Waals surface area contributed by atoms with Crippen molar-refractivity contribution in [1.82, 2.24) is 9.88 Å². The third kappa shape index (κ3) is 3.68. The van der Waals surface area contributed by atoms with Crippen LogP contribution in [0, 0.1) is 10.1 Å². The maximum absolute atomic E-state index is 12.3.